The van der Waals surface area contributed by atoms with E-state index in [-0.39, 0.29) is 0 Å². The molecule has 8 heteroatoms. The van der Waals surface area contributed by atoms with Crippen molar-refractivity contribution in [2.24, 2.45) is 0 Å². The highest BCUT2D eigenvalue weighted by molar-refractivity contribution is 6.28. The molecule has 0 aliphatic carbocycles. The smallest absolute Gasteiger partial charge is 0.413 e. The number of rotatable bonds is 5. The molecule has 2 aromatic heterocycles. The predicted molar refractivity (Wildman–Crippen MR) is 82.7 cm³/mol. The maximum Gasteiger partial charge on any atom is 0.413 e. The number of carbonyl (C=O) groups excluding carboxylic acids is 1. The van der Waals surface area contributed by atoms with E-state index in [2.05, 4.69) is 20.8 Å². The molecule has 22 heavy (non-hydrogen) atoms. The molecule has 0 saturated carbocycles. The first-order valence-electron chi connectivity index (χ1n) is 6.80. The highest BCUT2D eigenvalue weighted by Crippen LogP contribution is 2.15. The molecule has 0 radical (unpaired) electrons. The fraction of sp³-hybridized carbons (Fsp3) is 0.429. The highest BCUT2D eigenvalue weighted by Gasteiger charge is 2.17. The number of aromatic amines is 1. The summed E-state index contributed by atoms with van der Waals surface area (Å²) in [5.74, 6) is 1.23. The topological polar surface area (TPSA) is 92.2 Å². The molecule has 2 heterocycles. The van der Waals surface area contributed by atoms with Crippen LogP contribution < -0.4 is 10.6 Å². The second-order valence-electron chi connectivity index (χ2n) is 5.71. The van der Waals surface area contributed by atoms with Crippen LogP contribution >= 0.6 is 11.6 Å². The third-order valence-electron chi connectivity index (χ3n) is 2.59. The Bertz CT molecular complexity index is 630. The van der Waals surface area contributed by atoms with Gasteiger partial charge in [-0.25, -0.2) is 4.79 Å². The summed E-state index contributed by atoms with van der Waals surface area (Å²) in [6.07, 6.45) is 1.10. The minimum absolute atomic E-state index is 0.354. The lowest BCUT2D eigenvalue weighted by molar-refractivity contribution is 0.0635. The lowest BCUT2D eigenvalue weighted by Gasteiger charge is -2.19. The van der Waals surface area contributed by atoms with E-state index in [0.29, 0.717) is 24.1 Å². The Labute approximate surface area is 133 Å². The van der Waals surface area contributed by atoms with Crippen LogP contribution in [0.2, 0.25) is 5.22 Å². The van der Waals surface area contributed by atoms with Gasteiger partial charge in [0.1, 0.15) is 17.2 Å². The van der Waals surface area contributed by atoms with Gasteiger partial charge in [-0.05, 0) is 44.5 Å². The molecule has 0 spiro atoms. The Hall–Kier alpha value is -1.99. The van der Waals surface area contributed by atoms with Crippen molar-refractivity contribution in [2.75, 3.05) is 5.32 Å². The number of nitrogens with zero attached hydrogens (tertiary/aromatic N) is 1. The third kappa shape index (κ3) is 5.09. The molecule has 2 rings (SSSR count). The average Bonchev–Trinajstić information content (AvgIpc) is 2.97. The minimum atomic E-state index is -0.554. The summed E-state index contributed by atoms with van der Waals surface area (Å²) in [5.41, 5.74) is 0.254. The van der Waals surface area contributed by atoms with Gasteiger partial charge in [0.25, 0.3) is 0 Å². The molecule has 0 aromatic carbocycles. The zero-order chi connectivity index (χ0) is 16.2. The predicted octanol–water partition coefficient (Wildman–Crippen LogP) is 3.29. The number of hydrogen-bond acceptors (Lipinski definition) is 5. The van der Waals surface area contributed by atoms with Crippen LogP contribution in [-0.4, -0.2) is 21.9 Å². The van der Waals surface area contributed by atoms with E-state index >= 15 is 0 Å². The third-order valence-corrected chi connectivity index (χ3v) is 2.79. The van der Waals surface area contributed by atoms with Crippen LogP contribution in [0, 0.1) is 0 Å². The first-order valence-corrected chi connectivity index (χ1v) is 7.18. The average molecular weight is 327 g/mol. The number of halogens is 1. The molecule has 0 fully saturated rings. The normalized spacial score (nSPS) is 11.5. The van der Waals surface area contributed by atoms with Crippen LogP contribution in [0.3, 0.4) is 0 Å². The summed E-state index contributed by atoms with van der Waals surface area (Å²) >= 11 is 5.70. The molecule has 120 valence electrons. The van der Waals surface area contributed by atoms with Crippen molar-refractivity contribution in [1.82, 2.24) is 15.5 Å². The zero-order valence-corrected chi connectivity index (χ0v) is 13.5. The van der Waals surface area contributed by atoms with Gasteiger partial charge in [-0.1, -0.05) is 0 Å². The minimum Gasteiger partial charge on any atom is -0.448 e. The van der Waals surface area contributed by atoms with Crippen molar-refractivity contribution in [2.45, 2.75) is 39.5 Å². The molecule has 0 unspecified atom stereocenters. The molecular weight excluding hydrogens is 308 g/mol. The first kappa shape index (κ1) is 16.4. The summed E-state index contributed by atoms with van der Waals surface area (Å²) in [6, 6.07) is 3.48. The molecule has 0 aliphatic rings. The first-order chi connectivity index (χ1) is 10.3. The summed E-state index contributed by atoms with van der Waals surface area (Å²) in [6.45, 7) is 6.42. The summed E-state index contributed by atoms with van der Waals surface area (Å²) < 4.78 is 10.4. The molecule has 3 N–H and O–H groups in total. The molecule has 1 amide bonds. The van der Waals surface area contributed by atoms with Crippen molar-refractivity contribution in [3.05, 3.63) is 34.9 Å². The van der Waals surface area contributed by atoms with Gasteiger partial charge in [0.05, 0.1) is 12.7 Å². The second-order valence-corrected chi connectivity index (χ2v) is 6.08. The van der Waals surface area contributed by atoms with Crippen molar-refractivity contribution in [3.8, 4) is 0 Å². The fourth-order valence-electron chi connectivity index (χ4n) is 1.73. The van der Waals surface area contributed by atoms with Gasteiger partial charge in [-0.15, -0.1) is 0 Å². The van der Waals surface area contributed by atoms with Gasteiger partial charge in [0, 0.05) is 12.1 Å². The van der Waals surface area contributed by atoms with E-state index in [1.807, 2.05) is 0 Å². The van der Waals surface area contributed by atoms with Crippen LogP contribution in [0.1, 0.15) is 32.1 Å². The van der Waals surface area contributed by atoms with E-state index in [1.165, 1.54) is 0 Å². The molecule has 7 nitrogen and oxygen atoms in total. The monoisotopic (exact) mass is 326 g/mol. The van der Waals surface area contributed by atoms with Crippen molar-refractivity contribution < 1.29 is 13.9 Å². The largest absolute Gasteiger partial charge is 0.448 e. The Kier molecular flexibility index (Phi) is 5.10. The number of amides is 1. The standard InChI is InChI=1S/C14H19ClN4O3/c1-14(2,3)22-13(20)18-12-9(7-17-19-12)6-16-8-10-4-5-11(15)21-10/h4-5,7,16H,6,8H2,1-3H3,(H2,17,18,19,20). The number of carbonyl (C=O) groups is 1. The fourth-order valence-corrected chi connectivity index (χ4v) is 1.89. The van der Waals surface area contributed by atoms with Crippen LogP contribution in [0.25, 0.3) is 0 Å². The Morgan fingerprint density at radius 2 is 2.18 bits per heavy atom. The van der Waals surface area contributed by atoms with Gasteiger partial charge in [-0.2, -0.15) is 5.10 Å². The van der Waals surface area contributed by atoms with E-state index in [9.17, 15) is 4.79 Å². The summed E-state index contributed by atoms with van der Waals surface area (Å²) in [4.78, 5) is 11.7. The van der Waals surface area contributed by atoms with Gasteiger partial charge in [0.2, 0.25) is 0 Å². The van der Waals surface area contributed by atoms with Crippen LogP contribution in [0.15, 0.2) is 22.7 Å². The summed E-state index contributed by atoms with van der Waals surface area (Å²) in [7, 11) is 0. The number of aromatic nitrogens is 2. The number of anilines is 1. The van der Waals surface area contributed by atoms with Crippen LogP contribution in [-0.2, 0) is 17.8 Å². The van der Waals surface area contributed by atoms with Gasteiger partial charge >= 0.3 is 6.09 Å². The van der Waals surface area contributed by atoms with Crippen molar-refractivity contribution >= 4 is 23.5 Å². The molecule has 2 aromatic rings. The lowest BCUT2D eigenvalue weighted by atomic mass is 10.2. The Balaban J connectivity index is 1.85. The number of nitrogens with one attached hydrogen (secondary N) is 3. The SMILES string of the molecule is CC(C)(C)OC(=O)Nc1[nH]ncc1CNCc1ccc(Cl)o1. The van der Waals surface area contributed by atoms with Gasteiger partial charge < -0.3 is 14.5 Å². The Morgan fingerprint density at radius 3 is 2.82 bits per heavy atom. The van der Waals surface area contributed by atoms with Crippen molar-refractivity contribution in [1.29, 1.82) is 0 Å². The number of hydrogen-bond donors (Lipinski definition) is 3. The second kappa shape index (κ2) is 6.85. The van der Waals surface area contributed by atoms with Crippen LogP contribution in [0.5, 0.6) is 0 Å². The maximum atomic E-state index is 11.7. The molecular formula is C14H19ClN4O3. The van der Waals surface area contributed by atoms with E-state index < -0.39 is 11.7 Å². The molecule has 0 aliphatic heterocycles. The number of ether oxygens (including phenoxy) is 1. The van der Waals surface area contributed by atoms with E-state index in [1.54, 1.807) is 39.1 Å². The van der Waals surface area contributed by atoms with Gasteiger partial charge in [0.15, 0.2) is 5.22 Å². The molecule has 0 atom stereocenters. The molecule has 0 bridgehead atoms. The van der Waals surface area contributed by atoms with Crippen molar-refractivity contribution in [3.63, 3.8) is 0 Å². The van der Waals surface area contributed by atoms with Gasteiger partial charge in [-0.3, -0.25) is 10.4 Å². The summed E-state index contributed by atoms with van der Waals surface area (Å²) in [5, 5.41) is 12.8. The Morgan fingerprint density at radius 1 is 1.41 bits per heavy atom. The zero-order valence-electron chi connectivity index (χ0n) is 12.7. The number of H-pyrrole nitrogens is 1. The van der Waals surface area contributed by atoms with E-state index in [4.69, 9.17) is 20.8 Å². The van der Waals surface area contributed by atoms with Crippen LogP contribution in [0.4, 0.5) is 10.6 Å². The lowest BCUT2D eigenvalue weighted by Crippen LogP contribution is -2.27. The number of furan rings is 1. The molecule has 0 saturated heterocycles. The highest BCUT2D eigenvalue weighted by atomic mass is 35.5. The maximum absolute atomic E-state index is 11.7. The quantitative estimate of drug-likeness (QED) is 0.784. The van der Waals surface area contributed by atoms with E-state index in [0.717, 1.165) is 11.3 Å².